The highest BCUT2D eigenvalue weighted by atomic mass is 32.2. The number of hydrogen-bond donors (Lipinski definition) is 1. The maximum Gasteiger partial charge on any atom is 0.465 e. The van der Waals surface area contributed by atoms with E-state index >= 15 is 0 Å². The van der Waals surface area contributed by atoms with E-state index in [4.69, 9.17) is 33.0 Å². The molecule has 0 spiro atoms. The molecular formula is C44H62F2O13S. The minimum atomic E-state index is -6.03. The maximum atomic E-state index is 14.1. The summed E-state index contributed by atoms with van der Waals surface area (Å²) >= 11 is 0. The normalized spacial score (nSPS) is 43.5. The lowest BCUT2D eigenvalue weighted by Crippen LogP contribution is -2.59. The first kappa shape index (κ1) is 42.9. The minimum Gasteiger partial charge on any atom is -0.462 e. The number of ether oxygens (including phenoxy) is 6. The van der Waals surface area contributed by atoms with Gasteiger partial charge in [0.25, 0.3) is 0 Å². The van der Waals surface area contributed by atoms with Crippen LogP contribution in [0, 0.1) is 70.5 Å². The fourth-order valence-electron chi connectivity index (χ4n) is 15.7. The summed E-state index contributed by atoms with van der Waals surface area (Å²) in [6.07, 6.45) is 12.6. The highest BCUT2D eigenvalue weighted by molar-refractivity contribution is 7.87. The summed E-state index contributed by atoms with van der Waals surface area (Å²) < 4.78 is 95.2. The van der Waals surface area contributed by atoms with Gasteiger partial charge in [0.2, 0.25) is 0 Å². The van der Waals surface area contributed by atoms with E-state index in [1.807, 2.05) is 0 Å². The predicted molar refractivity (Wildman–Crippen MR) is 206 cm³/mol. The van der Waals surface area contributed by atoms with Crippen LogP contribution in [0.4, 0.5) is 8.78 Å². The molecule has 3 unspecified atom stereocenters. The first-order valence-electron chi connectivity index (χ1n) is 22.8. The van der Waals surface area contributed by atoms with E-state index in [0.29, 0.717) is 66.6 Å². The Bertz CT molecular complexity index is 1740. The van der Waals surface area contributed by atoms with Gasteiger partial charge in [0.1, 0.15) is 43.2 Å². The van der Waals surface area contributed by atoms with Crippen LogP contribution in [0.3, 0.4) is 0 Å². The SMILES string of the molecule is CCC1(OC(=O)COCC(COC(=O)C23CC4CC(C2)C(OC(=O)C(F)(F)S(=O)(=O)O)C(C4)C3)OCC(=O)OC2(CC)C3CC4CC(C3)CC2C4)C2CC3CC(C2)CC1C3. The lowest BCUT2D eigenvalue weighted by atomic mass is 9.48. The summed E-state index contributed by atoms with van der Waals surface area (Å²) in [5.41, 5.74) is -1.99. The predicted octanol–water partition coefficient (Wildman–Crippen LogP) is 6.45. The number of carbonyl (C=O) groups excluding carboxylic acids is 4. The van der Waals surface area contributed by atoms with Crippen molar-refractivity contribution in [3.05, 3.63) is 0 Å². The van der Waals surface area contributed by atoms with Gasteiger partial charge < -0.3 is 28.4 Å². The van der Waals surface area contributed by atoms with Gasteiger partial charge in [0.15, 0.2) is 0 Å². The van der Waals surface area contributed by atoms with Crippen molar-refractivity contribution < 1.29 is 69.4 Å². The third-order valence-corrected chi connectivity index (χ3v) is 18.4. The van der Waals surface area contributed by atoms with Crippen LogP contribution in [0.15, 0.2) is 0 Å². The molecule has 12 aliphatic carbocycles. The lowest BCUT2D eigenvalue weighted by Gasteiger charge is -2.60. The molecule has 0 amide bonds. The molecule has 12 fully saturated rings. The second kappa shape index (κ2) is 15.7. The fraction of sp³-hybridized carbons (Fsp3) is 0.909. The largest absolute Gasteiger partial charge is 0.465 e. The molecule has 1 N–H and O–H groups in total. The Morgan fingerprint density at radius 2 is 1.13 bits per heavy atom. The molecule has 12 aliphatic rings. The van der Waals surface area contributed by atoms with Gasteiger partial charge in [-0.25, -0.2) is 14.4 Å². The topological polar surface area (TPSA) is 178 Å². The molecular weight excluding hydrogens is 807 g/mol. The number of carbonyl (C=O) groups is 4. The number of halogens is 2. The summed E-state index contributed by atoms with van der Waals surface area (Å²) in [6, 6.07) is 0. The summed E-state index contributed by atoms with van der Waals surface area (Å²) in [6.45, 7) is 3.00. The summed E-state index contributed by atoms with van der Waals surface area (Å²) in [5, 5.41) is -5.11. The van der Waals surface area contributed by atoms with Gasteiger partial charge in [-0.05, 0) is 174 Å². The molecule has 60 heavy (non-hydrogen) atoms. The van der Waals surface area contributed by atoms with Crippen molar-refractivity contribution in [2.24, 2.45) is 70.5 Å². The van der Waals surface area contributed by atoms with E-state index in [2.05, 4.69) is 13.8 Å². The van der Waals surface area contributed by atoms with Crippen molar-refractivity contribution in [1.29, 1.82) is 0 Å². The van der Waals surface area contributed by atoms with Gasteiger partial charge >= 0.3 is 39.2 Å². The quantitative estimate of drug-likeness (QED) is 0.0960. The van der Waals surface area contributed by atoms with E-state index < -0.39 is 86.5 Å². The average molecular weight is 869 g/mol. The Hall–Kier alpha value is -2.43. The number of hydrogen-bond acceptors (Lipinski definition) is 12. The molecule has 12 bridgehead atoms. The number of esters is 4. The minimum absolute atomic E-state index is 0.0419. The van der Waals surface area contributed by atoms with Crippen molar-refractivity contribution in [2.75, 3.05) is 26.4 Å². The van der Waals surface area contributed by atoms with Crippen molar-refractivity contribution in [3.8, 4) is 0 Å². The van der Waals surface area contributed by atoms with Crippen molar-refractivity contribution in [2.45, 2.75) is 152 Å². The zero-order valence-corrected chi connectivity index (χ0v) is 35.7. The molecule has 0 aromatic heterocycles. The molecule has 0 heterocycles. The summed E-state index contributed by atoms with van der Waals surface area (Å²) in [5.74, 6) is -0.543. The van der Waals surface area contributed by atoms with Crippen LogP contribution >= 0.6 is 0 Å². The van der Waals surface area contributed by atoms with Crippen LogP contribution in [0.25, 0.3) is 0 Å². The molecule has 0 aromatic rings. The van der Waals surface area contributed by atoms with Crippen LogP contribution < -0.4 is 0 Å². The van der Waals surface area contributed by atoms with E-state index in [-0.39, 0.29) is 38.6 Å². The standard InChI is InChI=1S/C44H62F2O13S/c1-3-42(31-9-24-5-25(11-31)12-32(42)10-24)58-36(47)22-54-20-35(55-23-37(48)59-43(4-2)33-13-26-6-27(15-33)16-34(43)14-26)21-56-39(49)41-17-28-7-29(18-41)38(30(8-28)19-41)57-40(50)44(45,46)60(51,52)53/h24-35,38H,3-23H2,1-2H3,(H,51,52,53). The molecule has 3 atom stereocenters. The molecule has 0 aromatic carbocycles. The Morgan fingerprint density at radius 3 is 1.58 bits per heavy atom. The molecule has 12 rings (SSSR count). The van der Waals surface area contributed by atoms with Gasteiger partial charge in [-0.3, -0.25) is 9.35 Å². The van der Waals surface area contributed by atoms with Gasteiger partial charge in [0, 0.05) is 0 Å². The molecule has 0 radical (unpaired) electrons. The Labute approximate surface area is 351 Å². The molecule has 0 saturated heterocycles. The Balaban J connectivity index is 0.836. The van der Waals surface area contributed by atoms with Crippen LogP contribution in [-0.2, 0) is 57.7 Å². The van der Waals surface area contributed by atoms with Gasteiger partial charge in [-0.2, -0.15) is 17.2 Å². The van der Waals surface area contributed by atoms with Gasteiger partial charge in [0.05, 0.1) is 12.0 Å². The zero-order valence-electron chi connectivity index (χ0n) is 34.9. The molecule has 13 nitrogen and oxygen atoms in total. The fourth-order valence-corrected chi connectivity index (χ4v) is 16.0. The molecule has 16 heteroatoms. The number of rotatable bonds is 17. The average Bonchev–Trinajstić information content (AvgIpc) is 3.18. The summed E-state index contributed by atoms with van der Waals surface area (Å²) in [7, 11) is -6.03. The van der Waals surface area contributed by atoms with Crippen molar-refractivity contribution in [1.82, 2.24) is 0 Å². The highest BCUT2D eigenvalue weighted by Crippen LogP contribution is 2.63. The molecule has 12 saturated carbocycles. The smallest absolute Gasteiger partial charge is 0.462 e. The Morgan fingerprint density at radius 1 is 0.667 bits per heavy atom. The number of alkyl halides is 2. The maximum absolute atomic E-state index is 14.1. The van der Waals surface area contributed by atoms with Crippen LogP contribution in [-0.4, -0.2) is 91.9 Å². The first-order valence-corrected chi connectivity index (χ1v) is 24.3. The van der Waals surface area contributed by atoms with Gasteiger partial charge in [-0.1, -0.05) is 13.8 Å². The Kier molecular flexibility index (Phi) is 11.2. The second-order valence-corrected chi connectivity index (χ2v) is 22.3. The first-order chi connectivity index (χ1) is 28.5. The lowest BCUT2D eigenvalue weighted by molar-refractivity contribution is -0.218. The highest BCUT2D eigenvalue weighted by Gasteiger charge is 2.64. The monoisotopic (exact) mass is 868 g/mol. The van der Waals surface area contributed by atoms with Crippen LogP contribution in [0.2, 0.25) is 0 Å². The summed E-state index contributed by atoms with van der Waals surface area (Å²) in [4.78, 5) is 53.3. The zero-order chi connectivity index (χ0) is 42.4. The van der Waals surface area contributed by atoms with E-state index in [9.17, 15) is 36.4 Å². The van der Waals surface area contributed by atoms with Crippen LogP contribution in [0.5, 0.6) is 0 Å². The van der Waals surface area contributed by atoms with Crippen molar-refractivity contribution >= 4 is 34.0 Å². The molecule has 336 valence electrons. The molecule has 0 aliphatic heterocycles. The van der Waals surface area contributed by atoms with Gasteiger partial charge in [-0.15, -0.1) is 0 Å². The van der Waals surface area contributed by atoms with E-state index in [0.717, 1.165) is 64.2 Å². The third kappa shape index (κ3) is 7.40. The van der Waals surface area contributed by atoms with Crippen molar-refractivity contribution in [3.63, 3.8) is 0 Å². The third-order valence-electron chi connectivity index (χ3n) is 17.5. The van der Waals surface area contributed by atoms with E-state index in [1.54, 1.807) is 0 Å². The van der Waals surface area contributed by atoms with E-state index in [1.165, 1.54) is 12.8 Å². The second-order valence-electron chi connectivity index (χ2n) is 20.8. The van der Waals surface area contributed by atoms with Crippen LogP contribution in [0.1, 0.15) is 123 Å².